The molecule has 1 aromatic carbocycles. The molecule has 0 saturated heterocycles. The molecule has 14 heavy (non-hydrogen) atoms. The molecule has 0 spiro atoms. The molecule has 3 N–H and O–H groups in total. The number of aliphatic hydroxyl groups is 1. The van der Waals surface area contributed by atoms with Crippen molar-refractivity contribution in [3.8, 4) is 0 Å². The van der Waals surface area contributed by atoms with Crippen molar-refractivity contribution in [3.05, 3.63) is 23.1 Å². The van der Waals surface area contributed by atoms with Crippen molar-refractivity contribution in [2.24, 2.45) is 0 Å². The van der Waals surface area contributed by atoms with Crippen LogP contribution in [0.5, 0.6) is 0 Å². The first-order valence-corrected chi connectivity index (χ1v) is 6.31. The van der Waals surface area contributed by atoms with Crippen molar-refractivity contribution in [3.63, 3.8) is 0 Å². The maximum atomic E-state index is 9.22. The Morgan fingerprint density at radius 1 is 1.50 bits per heavy atom. The first-order valence-electron chi connectivity index (χ1n) is 4.21. The molecular weight excluding hydrogens is 214 g/mol. The van der Waals surface area contributed by atoms with Crippen molar-refractivity contribution in [1.82, 2.24) is 0 Å². The van der Waals surface area contributed by atoms with E-state index in [0.29, 0.717) is 0 Å². The van der Waals surface area contributed by atoms with Crippen LogP contribution in [0.2, 0.25) is 0 Å². The van der Waals surface area contributed by atoms with E-state index in [-0.39, 0.29) is 6.61 Å². The van der Waals surface area contributed by atoms with Gasteiger partial charge < -0.3 is 10.8 Å². The van der Waals surface area contributed by atoms with E-state index in [9.17, 15) is 5.11 Å². The van der Waals surface area contributed by atoms with Gasteiger partial charge in [0.1, 0.15) is 0 Å². The molecule has 0 unspecified atom stereocenters. The molecular formula is C10H11NOS2. The third kappa shape index (κ3) is 1.39. The van der Waals surface area contributed by atoms with Crippen molar-refractivity contribution >= 4 is 38.9 Å². The predicted octanol–water partition coefficient (Wildman–Crippen LogP) is 2.70. The maximum absolute atomic E-state index is 9.22. The highest BCUT2D eigenvalue weighted by Gasteiger charge is 2.09. The fourth-order valence-electron chi connectivity index (χ4n) is 1.49. The summed E-state index contributed by atoms with van der Waals surface area (Å²) in [6.07, 6.45) is 2.03. The third-order valence-corrected chi connectivity index (χ3v) is 4.13. The number of nitrogens with two attached hydrogens (primary N) is 1. The summed E-state index contributed by atoms with van der Waals surface area (Å²) in [6, 6.07) is 3.75. The van der Waals surface area contributed by atoms with Crippen molar-refractivity contribution in [1.29, 1.82) is 0 Å². The van der Waals surface area contributed by atoms with Crippen LogP contribution in [0.4, 0.5) is 5.69 Å². The minimum absolute atomic E-state index is 0.0705. The second kappa shape index (κ2) is 3.81. The summed E-state index contributed by atoms with van der Waals surface area (Å²) < 4.78 is 1.08. The van der Waals surface area contributed by atoms with Crippen LogP contribution in [0.3, 0.4) is 0 Å². The number of fused-ring (bicyclic) bond motifs is 1. The van der Waals surface area contributed by atoms with Gasteiger partial charge in [-0.15, -0.1) is 23.1 Å². The number of benzene rings is 1. The topological polar surface area (TPSA) is 46.2 Å². The molecule has 0 radical (unpaired) electrons. The van der Waals surface area contributed by atoms with E-state index in [1.54, 1.807) is 23.1 Å². The van der Waals surface area contributed by atoms with Gasteiger partial charge in [0, 0.05) is 21.3 Å². The Kier molecular flexibility index (Phi) is 2.67. The molecule has 74 valence electrons. The molecule has 4 heteroatoms. The third-order valence-electron chi connectivity index (χ3n) is 2.19. The average molecular weight is 225 g/mol. The van der Waals surface area contributed by atoms with Gasteiger partial charge in [-0.05, 0) is 17.9 Å². The molecule has 0 fully saturated rings. The zero-order valence-corrected chi connectivity index (χ0v) is 9.41. The molecule has 0 bridgehead atoms. The number of nitrogen functional groups attached to an aromatic ring is 1. The van der Waals surface area contributed by atoms with Crippen LogP contribution >= 0.6 is 23.1 Å². The molecule has 0 amide bonds. The molecule has 2 rings (SSSR count). The Hall–Kier alpha value is -0.710. The highest BCUT2D eigenvalue weighted by atomic mass is 32.2. The summed E-state index contributed by atoms with van der Waals surface area (Å²) >= 11 is 3.32. The molecule has 2 aromatic rings. The molecule has 1 aromatic heterocycles. The fourth-order valence-corrected chi connectivity index (χ4v) is 3.43. The number of anilines is 1. The normalized spacial score (nSPS) is 11.0. The van der Waals surface area contributed by atoms with E-state index in [2.05, 4.69) is 5.38 Å². The van der Waals surface area contributed by atoms with E-state index in [0.717, 1.165) is 21.3 Å². The van der Waals surface area contributed by atoms with E-state index in [1.807, 2.05) is 18.4 Å². The molecule has 0 aliphatic rings. The minimum atomic E-state index is 0.0705. The van der Waals surface area contributed by atoms with E-state index in [4.69, 9.17) is 5.73 Å². The number of rotatable bonds is 2. The lowest BCUT2D eigenvalue weighted by molar-refractivity contribution is 0.283. The summed E-state index contributed by atoms with van der Waals surface area (Å²) in [5, 5.41) is 12.4. The summed E-state index contributed by atoms with van der Waals surface area (Å²) in [6.45, 7) is 0.0705. The molecule has 0 atom stereocenters. The van der Waals surface area contributed by atoms with Crippen LogP contribution in [0, 0.1) is 0 Å². The van der Waals surface area contributed by atoms with Crippen LogP contribution in [-0.4, -0.2) is 11.4 Å². The first-order chi connectivity index (χ1) is 6.77. The maximum Gasteiger partial charge on any atom is 0.0688 e. The van der Waals surface area contributed by atoms with E-state index < -0.39 is 0 Å². The van der Waals surface area contributed by atoms with Crippen molar-refractivity contribution in [2.45, 2.75) is 11.5 Å². The lowest BCUT2D eigenvalue weighted by Gasteiger charge is -2.03. The number of hydrogen-bond donors (Lipinski definition) is 2. The molecule has 0 aliphatic carbocycles. The largest absolute Gasteiger partial charge is 0.398 e. The van der Waals surface area contributed by atoms with Gasteiger partial charge in [-0.25, -0.2) is 0 Å². The molecule has 0 aliphatic heterocycles. The molecule has 2 nitrogen and oxygen atoms in total. The standard InChI is InChI=1S/C10H11NOS2/c1-13-8-5-14-10-7(11)3-2-6(4-12)9(8)10/h2-3,5,12H,4,11H2,1H3. The zero-order chi connectivity index (χ0) is 10.1. The van der Waals surface area contributed by atoms with Crippen LogP contribution in [0.15, 0.2) is 22.4 Å². The molecule has 1 heterocycles. The predicted molar refractivity (Wildman–Crippen MR) is 63.9 cm³/mol. The van der Waals surface area contributed by atoms with Gasteiger partial charge in [-0.2, -0.15) is 0 Å². The van der Waals surface area contributed by atoms with Crippen LogP contribution in [0.25, 0.3) is 10.1 Å². The monoisotopic (exact) mass is 225 g/mol. The number of aliphatic hydroxyl groups excluding tert-OH is 1. The smallest absolute Gasteiger partial charge is 0.0688 e. The van der Waals surface area contributed by atoms with Gasteiger partial charge in [0.2, 0.25) is 0 Å². The summed E-state index contributed by atoms with van der Waals surface area (Å²) in [4.78, 5) is 1.20. The second-order valence-corrected chi connectivity index (χ2v) is 4.71. The highest BCUT2D eigenvalue weighted by molar-refractivity contribution is 7.99. The van der Waals surface area contributed by atoms with Crippen LogP contribution in [-0.2, 0) is 6.61 Å². The van der Waals surface area contributed by atoms with Gasteiger partial charge in [0.25, 0.3) is 0 Å². The van der Waals surface area contributed by atoms with Crippen LogP contribution < -0.4 is 5.73 Å². The van der Waals surface area contributed by atoms with Gasteiger partial charge >= 0.3 is 0 Å². The van der Waals surface area contributed by atoms with Gasteiger partial charge in [0.15, 0.2) is 0 Å². The Morgan fingerprint density at radius 2 is 2.29 bits per heavy atom. The number of thiophene rings is 1. The Labute approximate surface area is 90.7 Å². The minimum Gasteiger partial charge on any atom is -0.398 e. The summed E-state index contributed by atoms with van der Waals surface area (Å²) in [5.74, 6) is 0. The van der Waals surface area contributed by atoms with Crippen molar-refractivity contribution < 1.29 is 5.11 Å². The van der Waals surface area contributed by atoms with Gasteiger partial charge in [-0.3, -0.25) is 0 Å². The van der Waals surface area contributed by atoms with E-state index in [1.165, 1.54) is 4.90 Å². The molecule has 0 saturated carbocycles. The zero-order valence-electron chi connectivity index (χ0n) is 7.78. The van der Waals surface area contributed by atoms with Gasteiger partial charge in [-0.1, -0.05) is 6.07 Å². The van der Waals surface area contributed by atoms with Gasteiger partial charge in [0.05, 0.1) is 11.3 Å². The lowest BCUT2D eigenvalue weighted by Crippen LogP contribution is -1.89. The number of thioether (sulfide) groups is 1. The Balaban J connectivity index is 2.82. The fraction of sp³-hybridized carbons (Fsp3) is 0.200. The SMILES string of the molecule is CSc1csc2c(N)ccc(CO)c12. The Morgan fingerprint density at radius 3 is 2.93 bits per heavy atom. The first kappa shape index (κ1) is 9.83. The quantitative estimate of drug-likeness (QED) is 0.610. The number of hydrogen-bond acceptors (Lipinski definition) is 4. The highest BCUT2D eigenvalue weighted by Crippen LogP contribution is 2.37. The summed E-state index contributed by atoms with van der Waals surface area (Å²) in [5.41, 5.74) is 7.62. The van der Waals surface area contributed by atoms with Crippen molar-refractivity contribution in [2.75, 3.05) is 12.0 Å². The lowest BCUT2D eigenvalue weighted by atomic mass is 10.1. The van der Waals surface area contributed by atoms with Crippen LogP contribution in [0.1, 0.15) is 5.56 Å². The average Bonchev–Trinajstić information content (AvgIpc) is 2.63. The summed E-state index contributed by atoms with van der Waals surface area (Å²) in [7, 11) is 0. The van der Waals surface area contributed by atoms with E-state index >= 15 is 0 Å². The second-order valence-electron chi connectivity index (χ2n) is 2.98. The Bertz CT molecular complexity index is 464.